The van der Waals surface area contributed by atoms with Gasteiger partial charge in [-0.1, -0.05) is 13.8 Å². The van der Waals surface area contributed by atoms with Crippen molar-refractivity contribution in [1.29, 1.82) is 0 Å². The maximum absolute atomic E-state index is 12.0. The van der Waals surface area contributed by atoms with Gasteiger partial charge in [-0.2, -0.15) is 0 Å². The molecule has 0 aliphatic carbocycles. The van der Waals surface area contributed by atoms with E-state index in [1.54, 1.807) is 6.92 Å². The van der Waals surface area contributed by atoms with Gasteiger partial charge in [0, 0.05) is 13.6 Å². The molecule has 1 aromatic heterocycles. The fraction of sp³-hybridized carbons (Fsp3) is 0.538. The first-order valence-electron chi connectivity index (χ1n) is 6.39. The number of nitrogens with two attached hydrogens (primary N) is 2. The lowest BCUT2D eigenvalue weighted by Gasteiger charge is -2.20. The van der Waals surface area contributed by atoms with Gasteiger partial charge in [-0.05, 0) is 12.8 Å². The molecule has 0 saturated heterocycles. The van der Waals surface area contributed by atoms with Crippen molar-refractivity contribution in [1.82, 2.24) is 0 Å². The molecule has 0 saturated carbocycles. The number of nitrogen functional groups attached to an aromatic ring is 1. The van der Waals surface area contributed by atoms with Gasteiger partial charge in [0.25, 0.3) is 5.91 Å². The average Bonchev–Trinajstić information content (AvgIpc) is 2.66. The third-order valence-corrected chi connectivity index (χ3v) is 3.95. The Hall–Kier alpha value is -1.76. The first kappa shape index (κ1) is 16.3. The molecule has 0 aliphatic rings. The monoisotopic (exact) mass is 299 g/mol. The van der Waals surface area contributed by atoms with Crippen LogP contribution >= 0.6 is 11.3 Å². The number of carbonyl (C=O) groups is 2. The molecule has 1 rings (SSSR count). The van der Waals surface area contributed by atoms with Gasteiger partial charge < -0.3 is 21.1 Å². The quantitative estimate of drug-likeness (QED) is 0.779. The highest BCUT2D eigenvalue weighted by atomic mass is 32.1. The van der Waals surface area contributed by atoms with Gasteiger partial charge in [-0.15, -0.1) is 11.3 Å². The molecule has 0 radical (unpaired) electrons. The normalized spacial score (nSPS) is 10.7. The predicted octanol–water partition coefficient (Wildman–Crippen LogP) is 1.70. The predicted molar refractivity (Wildman–Crippen MR) is 81.3 cm³/mol. The summed E-state index contributed by atoms with van der Waals surface area (Å²) in [4.78, 5) is 25.5. The van der Waals surface area contributed by atoms with E-state index in [1.807, 2.05) is 11.9 Å². The number of hydrogen-bond donors (Lipinski definition) is 2. The minimum atomic E-state index is -0.637. The van der Waals surface area contributed by atoms with Gasteiger partial charge in [0.2, 0.25) is 0 Å². The number of nitrogens with zero attached hydrogens (tertiary/aromatic N) is 1. The lowest BCUT2D eigenvalue weighted by Crippen LogP contribution is -2.23. The molecule has 0 unspecified atom stereocenters. The van der Waals surface area contributed by atoms with E-state index in [-0.39, 0.29) is 22.7 Å². The highest BCUT2D eigenvalue weighted by Gasteiger charge is 2.27. The van der Waals surface area contributed by atoms with Crippen molar-refractivity contribution in [3.63, 3.8) is 0 Å². The Balaban J connectivity index is 3.30. The van der Waals surface area contributed by atoms with Crippen molar-refractivity contribution < 1.29 is 14.3 Å². The molecule has 0 aliphatic heterocycles. The van der Waals surface area contributed by atoms with Crippen LogP contribution < -0.4 is 16.4 Å². The zero-order valence-electron chi connectivity index (χ0n) is 12.2. The maximum Gasteiger partial charge on any atom is 0.343 e. The van der Waals surface area contributed by atoms with Crippen LogP contribution in [0.1, 0.15) is 40.8 Å². The summed E-state index contributed by atoms with van der Waals surface area (Å²) in [5.41, 5.74) is 11.5. The van der Waals surface area contributed by atoms with Crippen LogP contribution in [0.4, 0.5) is 10.7 Å². The first-order valence-corrected chi connectivity index (χ1v) is 7.21. The summed E-state index contributed by atoms with van der Waals surface area (Å²) in [5, 5.41) is 0.614. The second kappa shape index (κ2) is 6.60. The number of hydrogen-bond acceptors (Lipinski definition) is 6. The van der Waals surface area contributed by atoms with E-state index in [2.05, 4.69) is 13.8 Å². The Bertz CT molecular complexity index is 511. The van der Waals surface area contributed by atoms with Crippen molar-refractivity contribution in [3.05, 3.63) is 10.4 Å². The molecule has 0 atom stereocenters. The number of thiophene rings is 1. The minimum Gasteiger partial charge on any atom is -0.462 e. The van der Waals surface area contributed by atoms with Crippen molar-refractivity contribution >= 4 is 33.9 Å². The fourth-order valence-electron chi connectivity index (χ4n) is 1.91. The van der Waals surface area contributed by atoms with Gasteiger partial charge in [0.05, 0.1) is 12.3 Å². The molecule has 6 nitrogen and oxygen atoms in total. The molecule has 0 bridgehead atoms. The van der Waals surface area contributed by atoms with Crippen LogP contribution in [0.15, 0.2) is 0 Å². The van der Waals surface area contributed by atoms with Crippen LogP contribution in [0.2, 0.25) is 0 Å². The number of esters is 1. The molecule has 1 aromatic rings. The Kier molecular flexibility index (Phi) is 5.38. The molecular weight excluding hydrogens is 278 g/mol. The molecule has 0 spiro atoms. The standard InChI is InChI=1S/C13H21N3O3S/c1-5-19-13(18)8-9(14)10(11(15)17)20-12(8)16(4)6-7(2)3/h7H,5-6,14H2,1-4H3,(H2,15,17). The SMILES string of the molecule is CCOC(=O)c1c(N(C)CC(C)C)sc(C(N)=O)c1N. The average molecular weight is 299 g/mol. The Morgan fingerprint density at radius 1 is 1.40 bits per heavy atom. The van der Waals surface area contributed by atoms with Gasteiger partial charge >= 0.3 is 5.97 Å². The van der Waals surface area contributed by atoms with Gasteiger partial charge in [-0.25, -0.2) is 4.79 Å². The van der Waals surface area contributed by atoms with E-state index in [9.17, 15) is 9.59 Å². The smallest absolute Gasteiger partial charge is 0.343 e. The lowest BCUT2D eigenvalue weighted by atomic mass is 10.2. The number of amides is 1. The zero-order chi connectivity index (χ0) is 15.4. The first-order chi connectivity index (χ1) is 9.29. The zero-order valence-corrected chi connectivity index (χ0v) is 13.0. The summed E-state index contributed by atoms with van der Waals surface area (Å²) in [5.74, 6) is -0.767. The molecular formula is C13H21N3O3S. The third kappa shape index (κ3) is 3.41. The third-order valence-electron chi connectivity index (χ3n) is 2.62. The van der Waals surface area contributed by atoms with Gasteiger partial charge in [0.1, 0.15) is 15.4 Å². The molecule has 0 aromatic carbocycles. The number of carbonyl (C=O) groups excluding carboxylic acids is 2. The number of ether oxygens (including phenoxy) is 1. The Morgan fingerprint density at radius 3 is 2.45 bits per heavy atom. The van der Waals surface area contributed by atoms with E-state index in [4.69, 9.17) is 16.2 Å². The molecule has 1 amide bonds. The second-order valence-corrected chi connectivity index (χ2v) is 5.88. The second-order valence-electron chi connectivity index (χ2n) is 4.88. The van der Waals surface area contributed by atoms with Crippen LogP contribution in [-0.4, -0.2) is 32.1 Å². The van der Waals surface area contributed by atoms with E-state index in [1.165, 1.54) is 0 Å². The largest absolute Gasteiger partial charge is 0.462 e. The highest BCUT2D eigenvalue weighted by Crippen LogP contribution is 2.38. The summed E-state index contributed by atoms with van der Waals surface area (Å²) in [6.45, 7) is 6.81. The van der Waals surface area contributed by atoms with Crippen LogP contribution in [0.25, 0.3) is 0 Å². The maximum atomic E-state index is 12.0. The molecule has 20 heavy (non-hydrogen) atoms. The van der Waals surface area contributed by atoms with Crippen molar-refractivity contribution in [3.8, 4) is 0 Å². The van der Waals surface area contributed by atoms with E-state index >= 15 is 0 Å². The van der Waals surface area contributed by atoms with Gasteiger partial charge in [0.15, 0.2) is 0 Å². The summed E-state index contributed by atoms with van der Waals surface area (Å²) in [7, 11) is 1.85. The van der Waals surface area contributed by atoms with Crippen molar-refractivity contribution in [2.45, 2.75) is 20.8 Å². The Morgan fingerprint density at radius 2 is 2.00 bits per heavy atom. The van der Waals surface area contributed by atoms with Crippen molar-refractivity contribution in [2.24, 2.45) is 11.7 Å². The summed E-state index contributed by atoms with van der Waals surface area (Å²) in [6, 6.07) is 0. The molecule has 1 heterocycles. The van der Waals surface area contributed by atoms with Crippen LogP contribution in [0, 0.1) is 5.92 Å². The molecule has 7 heteroatoms. The van der Waals surface area contributed by atoms with Crippen molar-refractivity contribution in [2.75, 3.05) is 30.8 Å². The van der Waals surface area contributed by atoms with E-state index in [0.29, 0.717) is 10.9 Å². The van der Waals surface area contributed by atoms with Crippen LogP contribution in [0.3, 0.4) is 0 Å². The number of primary amides is 1. The molecule has 0 fully saturated rings. The Labute approximate surface area is 122 Å². The number of anilines is 2. The summed E-state index contributed by atoms with van der Waals surface area (Å²) >= 11 is 1.12. The minimum absolute atomic E-state index is 0.103. The van der Waals surface area contributed by atoms with Crippen LogP contribution in [0.5, 0.6) is 0 Å². The lowest BCUT2D eigenvalue weighted by molar-refractivity contribution is 0.0529. The topological polar surface area (TPSA) is 98.6 Å². The van der Waals surface area contributed by atoms with E-state index < -0.39 is 11.9 Å². The van der Waals surface area contributed by atoms with E-state index in [0.717, 1.165) is 17.9 Å². The fourth-order valence-corrected chi connectivity index (χ4v) is 2.95. The van der Waals surface area contributed by atoms with Gasteiger partial charge in [-0.3, -0.25) is 4.79 Å². The molecule has 112 valence electrons. The highest BCUT2D eigenvalue weighted by molar-refractivity contribution is 7.19. The van der Waals surface area contributed by atoms with Crippen LogP contribution in [-0.2, 0) is 4.74 Å². The summed E-state index contributed by atoms with van der Waals surface area (Å²) < 4.78 is 5.01. The molecule has 4 N–H and O–H groups in total. The summed E-state index contributed by atoms with van der Waals surface area (Å²) in [6.07, 6.45) is 0. The number of rotatable bonds is 6.